The molecule has 1 aromatic heterocycles. The second-order valence-electron chi connectivity index (χ2n) is 5.53. The Bertz CT molecular complexity index is 612. The first-order chi connectivity index (χ1) is 9.33. The van der Waals surface area contributed by atoms with E-state index in [4.69, 9.17) is 9.15 Å². The summed E-state index contributed by atoms with van der Waals surface area (Å²) in [7, 11) is 0. The standard InChI is InChI=1S/C15H18N2O3/c1-10-6-5-7-11(8-10)13-16-12(9-19-13)17-14(18)20-15(2,3)4/h5-9H,1-4H3,(H,17,18). The van der Waals surface area contributed by atoms with Gasteiger partial charge in [0.1, 0.15) is 11.9 Å². The van der Waals surface area contributed by atoms with Crippen LogP contribution in [-0.2, 0) is 4.74 Å². The van der Waals surface area contributed by atoms with Gasteiger partial charge in [0, 0.05) is 5.56 Å². The third-order valence-corrected chi connectivity index (χ3v) is 2.40. The van der Waals surface area contributed by atoms with Crippen molar-refractivity contribution in [3.8, 4) is 11.5 Å². The fourth-order valence-corrected chi connectivity index (χ4v) is 1.65. The van der Waals surface area contributed by atoms with Gasteiger partial charge >= 0.3 is 6.09 Å². The quantitative estimate of drug-likeness (QED) is 0.899. The molecule has 0 aliphatic rings. The van der Waals surface area contributed by atoms with E-state index in [0.717, 1.165) is 11.1 Å². The van der Waals surface area contributed by atoms with Crippen LogP contribution >= 0.6 is 0 Å². The van der Waals surface area contributed by atoms with Crippen molar-refractivity contribution in [3.63, 3.8) is 0 Å². The summed E-state index contributed by atoms with van der Waals surface area (Å²) in [5.41, 5.74) is 1.43. The Morgan fingerprint density at radius 3 is 2.75 bits per heavy atom. The van der Waals surface area contributed by atoms with E-state index in [0.29, 0.717) is 11.7 Å². The molecule has 0 atom stereocenters. The fourth-order valence-electron chi connectivity index (χ4n) is 1.65. The van der Waals surface area contributed by atoms with Crippen molar-refractivity contribution in [2.24, 2.45) is 0 Å². The van der Waals surface area contributed by atoms with Gasteiger partial charge in [0.2, 0.25) is 5.89 Å². The van der Waals surface area contributed by atoms with Crippen LogP contribution in [0.3, 0.4) is 0 Å². The van der Waals surface area contributed by atoms with E-state index in [-0.39, 0.29) is 0 Å². The molecule has 0 saturated carbocycles. The zero-order valence-electron chi connectivity index (χ0n) is 12.1. The van der Waals surface area contributed by atoms with Crippen LogP contribution in [0.1, 0.15) is 26.3 Å². The summed E-state index contributed by atoms with van der Waals surface area (Å²) in [6.45, 7) is 7.39. The zero-order valence-corrected chi connectivity index (χ0v) is 12.1. The van der Waals surface area contributed by atoms with E-state index in [9.17, 15) is 4.79 Å². The van der Waals surface area contributed by atoms with Gasteiger partial charge in [-0.1, -0.05) is 17.7 Å². The van der Waals surface area contributed by atoms with Gasteiger partial charge in [0.15, 0.2) is 5.82 Å². The van der Waals surface area contributed by atoms with Crippen LogP contribution in [0.15, 0.2) is 34.9 Å². The number of anilines is 1. The summed E-state index contributed by atoms with van der Waals surface area (Å²) in [5.74, 6) is 0.788. The molecule has 5 heteroatoms. The Labute approximate surface area is 118 Å². The zero-order chi connectivity index (χ0) is 14.8. The van der Waals surface area contributed by atoms with Gasteiger partial charge in [-0.15, -0.1) is 0 Å². The normalized spacial score (nSPS) is 11.2. The number of oxazole rings is 1. The van der Waals surface area contributed by atoms with E-state index in [2.05, 4.69) is 10.3 Å². The molecule has 0 spiro atoms. The molecule has 0 fully saturated rings. The van der Waals surface area contributed by atoms with Gasteiger partial charge in [-0.05, 0) is 39.8 Å². The van der Waals surface area contributed by atoms with Crippen molar-refractivity contribution in [3.05, 3.63) is 36.1 Å². The highest BCUT2D eigenvalue weighted by Gasteiger charge is 2.17. The number of aromatic nitrogens is 1. The van der Waals surface area contributed by atoms with E-state index in [1.165, 1.54) is 6.26 Å². The SMILES string of the molecule is Cc1cccc(-c2nc(NC(=O)OC(C)(C)C)co2)c1. The van der Waals surface area contributed by atoms with Gasteiger partial charge in [-0.2, -0.15) is 4.98 Å². The lowest BCUT2D eigenvalue weighted by atomic mass is 10.1. The van der Waals surface area contributed by atoms with Crippen LogP contribution in [0.5, 0.6) is 0 Å². The molecule has 106 valence electrons. The summed E-state index contributed by atoms with van der Waals surface area (Å²) in [4.78, 5) is 15.8. The summed E-state index contributed by atoms with van der Waals surface area (Å²) in [6, 6.07) is 7.78. The lowest BCUT2D eigenvalue weighted by Gasteiger charge is -2.18. The monoisotopic (exact) mass is 274 g/mol. The number of rotatable bonds is 2. The first-order valence-corrected chi connectivity index (χ1v) is 6.36. The molecule has 0 aliphatic carbocycles. The summed E-state index contributed by atoms with van der Waals surface area (Å²) in [6.07, 6.45) is 0.836. The van der Waals surface area contributed by atoms with Crippen LogP contribution < -0.4 is 5.32 Å². The van der Waals surface area contributed by atoms with Crippen LogP contribution in [-0.4, -0.2) is 16.7 Å². The van der Waals surface area contributed by atoms with Crippen molar-refractivity contribution >= 4 is 11.9 Å². The number of ether oxygens (including phenoxy) is 1. The summed E-state index contributed by atoms with van der Waals surface area (Å²) >= 11 is 0. The Morgan fingerprint density at radius 2 is 2.10 bits per heavy atom. The third-order valence-electron chi connectivity index (χ3n) is 2.40. The first kappa shape index (κ1) is 14.1. The maximum atomic E-state index is 11.6. The number of benzene rings is 1. The Morgan fingerprint density at radius 1 is 1.35 bits per heavy atom. The van der Waals surface area contributed by atoms with Gasteiger partial charge in [-0.25, -0.2) is 4.79 Å². The highest BCUT2D eigenvalue weighted by Crippen LogP contribution is 2.21. The van der Waals surface area contributed by atoms with E-state index in [1.54, 1.807) is 20.8 Å². The maximum Gasteiger partial charge on any atom is 0.413 e. The summed E-state index contributed by atoms with van der Waals surface area (Å²) < 4.78 is 10.5. The predicted octanol–water partition coefficient (Wildman–Crippen LogP) is 4.00. The molecule has 20 heavy (non-hydrogen) atoms. The largest absolute Gasteiger partial charge is 0.444 e. The number of nitrogens with one attached hydrogen (secondary N) is 1. The van der Waals surface area contributed by atoms with Crippen LogP contribution in [0.4, 0.5) is 10.6 Å². The number of aryl methyl sites for hydroxylation is 1. The molecule has 5 nitrogen and oxygen atoms in total. The van der Waals surface area contributed by atoms with Crippen LogP contribution in [0.2, 0.25) is 0 Å². The minimum absolute atomic E-state index is 0.329. The Balaban J connectivity index is 2.08. The van der Waals surface area contributed by atoms with Crippen LogP contribution in [0.25, 0.3) is 11.5 Å². The van der Waals surface area contributed by atoms with E-state index in [1.807, 2.05) is 31.2 Å². The molecule has 1 aromatic carbocycles. The van der Waals surface area contributed by atoms with Gasteiger partial charge in [-0.3, -0.25) is 5.32 Å². The first-order valence-electron chi connectivity index (χ1n) is 6.36. The second kappa shape index (κ2) is 5.36. The highest BCUT2D eigenvalue weighted by atomic mass is 16.6. The Hall–Kier alpha value is -2.30. The van der Waals surface area contributed by atoms with Crippen LogP contribution in [0, 0.1) is 6.92 Å². The third kappa shape index (κ3) is 3.85. The number of carbonyl (C=O) groups is 1. The van der Waals surface area contributed by atoms with Crippen molar-refractivity contribution in [1.82, 2.24) is 4.98 Å². The van der Waals surface area contributed by atoms with Gasteiger partial charge < -0.3 is 9.15 Å². The molecule has 1 amide bonds. The lowest BCUT2D eigenvalue weighted by Crippen LogP contribution is -2.27. The molecule has 0 bridgehead atoms. The molecule has 1 N–H and O–H groups in total. The molecule has 0 saturated heterocycles. The van der Waals surface area contributed by atoms with Gasteiger partial charge in [0.05, 0.1) is 0 Å². The number of carbonyl (C=O) groups excluding carboxylic acids is 1. The number of hydrogen-bond acceptors (Lipinski definition) is 4. The number of nitrogens with zero attached hydrogens (tertiary/aromatic N) is 1. The predicted molar refractivity (Wildman–Crippen MR) is 76.5 cm³/mol. The second-order valence-corrected chi connectivity index (χ2v) is 5.53. The molecule has 1 heterocycles. The van der Waals surface area contributed by atoms with Crippen molar-refractivity contribution in [1.29, 1.82) is 0 Å². The molecule has 2 aromatic rings. The number of amides is 1. The fraction of sp³-hybridized carbons (Fsp3) is 0.333. The number of hydrogen-bond donors (Lipinski definition) is 1. The average Bonchev–Trinajstić information content (AvgIpc) is 2.74. The van der Waals surface area contributed by atoms with Gasteiger partial charge in [0.25, 0.3) is 0 Å². The molecular formula is C15H18N2O3. The van der Waals surface area contributed by atoms with E-state index < -0.39 is 11.7 Å². The topological polar surface area (TPSA) is 64.4 Å². The lowest BCUT2D eigenvalue weighted by molar-refractivity contribution is 0.0635. The smallest absolute Gasteiger partial charge is 0.413 e. The molecule has 0 aliphatic heterocycles. The average molecular weight is 274 g/mol. The maximum absolute atomic E-state index is 11.6. The summed E-state index contributed by atoms with van der Waals surface area (Å²) in [5, 5.41) is 2.54. The van der Waals surface area contributed by atoms with Crippen molar-refractivity contribution in [2.75, 3.05) is 5.32 Å². The molecule has 2 rings (SSSR count). The minimum atomic E-state index is -0.554. The molecular weight excluding hydrogens is 256 g/mol. The highest BCUT2D eigenvalue weighted by molar-refractivity contribution is 5.83. The molecule has 0 radical (unpaired) electrons. The Kier molecular flexibility index (Phi) is 3.79. The van der Waals surface area contributed by atoms with Crippen molar-refractivity contribution in [2.45, 2.75) is 33.3 Å². The van der Waals surface area contributed by atoms with E-state index >= 15 is 0 Å². The van der Waals surface area contributed by atoms with Crippen molar-refractivity contribution < 1.29 is 13.9 Å². The minimum Gasteiger partial charge on any atom is -0.444 e. The molecule has 0 unspecified atom stereocenters.